The molecule has 1 aromatic heterocycles. The van der Waals surface area contributed by atoms with Crippen molar-refractivity contribution in [1.29, 1.82) is 0 Å². The minimum Gasteiger partial charge on any atom is -0.349 e. The van der Waals surface area contributed by atoms with E-state index in [9.17, 15) is 18.0 Å². The molecule has 1 N–H and O–H groups in total. The molecule has 18 heavy (non-hydrogen) atoms. The fourth-order valence-corrected chi connectivity index (χ4v) is 2.11. The Hall–Kier alpha value is -1.59. The predicted octanol–water partition coefficient (Wildman–Crippen LogP) is 2.53. The van der Waals surface area contributed by atoms with Crippen molar-refractivity contribution in [3.63, 3.8) is 0 Å². The highest BCUT2D eigenvalue weighted by Gasteiger charge is 2.36. The van der Waals surface area contributed by atoms with Crippen molar-refractivity contribution >= 4 is 5.91 Å². The lowest BCUT2D eigenvalue weighted by molar-refractivity contribution is -0.0429. The molecule has 1 fully saturated rings. The molecule has 0 aliphatic heterocycles. The van der Waals surface area contributed by atoms with Crippen LogP contribution in [0.2, 0.25) is 0 Å². The summed E-state index contributed by atoms with van der Waals surface area (Å²) < 4.78 is 39.1. The maximum Gasteiger partial charge on any atom is 0.251 e. The van der Waals surface area contributed by atoms with Crippen molar-refractivity contribution in [3.05, 3.63) is 29.8 Å². The van der Waals surface area contributed by atoms with Gasteiger partial charge in [-0.05, 0) is 18.9 Å². The summed E-state index contributed by atoms with van der Waals surface area (Å²) in [5.74, 6) is -4.03. The lowest BCUT2D eigenvalue weighted by Crippen LogP contribution is -2.42. The summed E-state index contributed by atoms with van der Waals surface area (Å²) in [7, 11) is 0. The number of nitrogens with one attached hydrogen (secondary N) is 1. The summed E-state index contributed by atoms with van der Waals surface area (Å²) in [6.07, 6.45) is 1.58. The first kappa shape index (κ1) is 12.9. The second-order valence-electron chi connectivity index (χ2n) is 4.49. The number of hydrogen-bond donors (Lipinski definition) is 1. The first-order chi connectivity index (χ1) is 8.46. The Labute approximate surface area is 102 Å². The van der Waals surface area contributed by atoms with Gasteiger partial charge in [-0.3, -0.25) is 4.79 Å². The number of carbonyl (C=O) groups is 1. The van der Waals surface area contributed by atoms with Crippen LogP contribution < -0.4 is 5.32 Å². The summed E-state index contributed by atoms with van der Waals surface area (Å²) in [5, 5.41) is 2.50. The highest BCUT2D eigenvalue weighted by Crippen LogP contribution is 2.33. The zero-order chi connectivity index (χ0) is 13.2. The lowest BCUT2D eigenvalue weighted by Gasteiger charge is -2.29. The molecule has 0 radical (unpaired) electrons. The second kappa shape index (κ2) is 4.96. The Morgan fingerprint density at radius 2 is 2.28 bits per heavy atom. The van der Waals surface area contributed by atoms with E-state index in [1.54, 1.807) is 0 Å². The molecule has 98 valence electrons. The molecule has 1 aliphatic rings. The molecule has 1 aliphatic carbocycles. The molecule has 1 aromatic rings. The number of nitrogens with zero attached hydrogens (tertiary/aromatic N) is 1. The van der Waals surface area contributed by atoms with Gasteiger partial charge in [0.1, 0.15) is 0 Å². The van der Waals surface area contributed by atoms with Crippen LogP contribution in [0, 0.1) is 5.95 Å². The lowest BCUT2D eigenvalue weighted by atomic mass is 9.92. The molecular weight excluding hydrogens is 245 g/mol. The van der Waals surface area contributed by atoms with E-state index in [1.807, 2.05) is 0 Å². The molecule has 0 bridgehead atoms. The maximum absolute atomic E-state index is 13.2. The summed E-state index contributed by atoms with van der Waals surface area (Å²) in [6.45, 7) is 0. The minimum absolute atomic E-state index is 0.0939. The van der Waals surface area contributed by atoms with E-state index in [2.05, 4.69) is 10.3 Å². The zero-order valence-corrected chi connectivity index (χ0v) is 9.63. The number of amides is 1. The molecule has 6 heteroatoms. The first-order valence-corrected chi connectivity index (χ1v) is 5.76. The van der Waals surface area contributed by atoms with Crippen LogP contribution >= 0.6 is 0 Å². The molecule has 1 unspecified atom stereocenters. The van der Waals surface area contributed by atoms with E-state index < -0.39 is 23.8 Å². The molecule has 1 atom stereocenters. The van der Waals surface area contributed by atoms with Crippen LogP contribution in [-0.4, -0.2) is 22.9 Å². The largest absolute Gasteiger partial charge is 0.349 e. The van der Waals surface area contributed by atoms with Crippen LogP contribution in [0.15, 0.2) is 18.3 Å². The molecular formula is C12H13F3N2O. The maximum atomic E-state index is 13.2. The van der Waals surface area contributed by atoms with Crippen molar-refractivity contribution < 1.29 is 18.0 Å². The van der Waals surface area contributed by atoms with Gasteiger partial charge in [0.2, 0.25) is 11.9 Å². The Kier molecular flexibility index (Phi) is 3.54. The van der Waals surface area contributed by atoms with Crippen molar-refractivity contribution in [2.45, 2.75) is 37.6 Å². The van der Waals surface area contributed by atoms with Crippen LogP contribution in [0.1, 0.15) is 36.0 Å². The van der Waals surface area contributed by atoms with Crippen molar-refractivity contribution in [2.75, 3.05) is 0 Å². The van der Waals surface area contributed by atoms with Crippen molar-refractivity contribution in [3.8, 4) is 0 Å². The quantitative estimate of drug-likeness (QED) is 0.828. The molecule has 2 rings (SSSR count). The Morgan fingerprint density at radius 3 is 2.94 bits per heavy atom. The van der Waals surface area contributed by atoms with Gasteiger partial charge < -0.3 is 5.32 Å². The predicted molar refractivity (Wildman–Crippen MR) is 58.9 cm³/mol. The number of rotatable bonds is 2. The Morgan fingerprint density at radius 1 is 1.50 bits per heavy atom. The highest BCUT2D eigenvalue weighted by atomic mass is 19.3. The normalized spacial score (nSPS) is 22.5. The standard InChI is InChI=1S/C12H13F3N2O/c13-10-6-8(3-5-16-10)11(18)17-9-2-1-4-12(14,15)7-9/h3,5-6,9H,1-2,4,7H2,(H,17,18). The fourth-order valence-electron chi connectivity index (χ4n) is 2.11. The number of aromatic nitrogens is 1. The van der Waals surface area contributed by atoms with Gasteiger partial charge in [0, 0.05) is 36.7 Å². The van der Waals surface area contributed by atoms with Crippen LogP contribution in [0.5, 0.6) is 0 Å². The summed E-state index contributed by atoms with van der Waals surface area (Å²) >= 11 is 0. The Balaban J connectivity index is 1.99. The fraction of sp³-hybridized carbons (Fsp3) is 0.500. The molecule has 1 saturated carbocycles. The van der Waals surface area contributed by atoms with Gasteiger partial charge in [-0.15, -0.1) is 0 Å². The van der Waals surface area contributed by atoms with Gasteiger partial charge in [-0.25, -0.2) is 13.8 Å². The van der Waals surface area contributed by atoms with E-state index in [0.29, 0.717) is 12.8 Å². The van der Waals surface area contributed by atoms with Gasteiger partial charge in [-0.2, -0.15) is 4.39 Å². The highest BCUT2D eigenvalue weighted by molar-refractivity contribution is 5.94. The third-order valence-electron chi connectivity index (χ3n) is 2.96. The SMILES string of the molecule is O=C(NC1CCCC(F)(F)C1)c1ccnc(F)c1. The molecule has 1 heterocycles. The summed E-state index contributed by atoms with van der Waals surface area (Å²) in [5.41, 5.74) is 0.0939. The zero-order valence-electron chi connectivity index (χ0n) is 9.63. The van der Waals surface area contributed by atoms with E-state index in [-0.39, 0.29) is 18.4 Å². The minimum atomic E-state index is -2.72. The smallest absolute Gasteiger partial charge is 0.251 e. The first-order valence-electron chi connectivity index (χ1n) is 5.76. The molecule has 3 nitrogen and oxygen atoms in total. The van der Waals surface area contributed by atoms with E-state index in [4.69, 9.17) is 0 Å². The van der Waals surface area contributed by atoms with Crippen LogP contribution in [0.4, 0.5) is 13.2 Å². The third-order valence-corrected chi connectivity index (χ3v) is 2.96. The summed E-state index contributed by atoms with van der Waals surface area (Å²) in [4.78, 5) is 15.1. The van der Waals surface area contributed by atoms with Crippen LogP contribution in [0.25, 0.3) is 0 Å². The second-order valence-corrected chi connectivity index (χ2v) is 4.49. The van der Waals surface area contributed by atoms with Crippen LogP contribution in [0.3, 0.4) is 0 Å². The van der Waals surface area contributed by atoms with Gasteiger partial charge in [-0.1, -0.05) is 0 Å². The van der Waals surface area contributed by atoms with E-state index >= 15 is 0 Å². The van der Waals surface area contributed by atoms with Crippen LogP contribution in [-0.2, 0) is 0 Å². The topological polar surface area (TPSA) is 42.0 Å². The number of pyridine rings is 1. The average Bonchev–Trinajstić information content (AvgIpc) is 2.27. The molecule has 0 aromatic carbocycles. The monoisotopic (exact) mass is 258 g/mol. The molecule has 0 saturated heterocycles. The molecule has 0 spiro atoms. The van der Waals surface area contributed by atoms with E-state index in [0.717, 1.165) is 6.07 Å². The summed E-state index contributed by atoms with van der Waals surface area (Å²) in [6, 6.07) is 1.77. The number of alkyl halides is 2. The average molecular weight is 258 g/mol. The van der Waals surface area contributed by atoms with Gasteiger partial charge in [0.25, 0.3) is 5.91 Å². The number of carbonyl (C=O) groups excluding carboxylic acids is 1. The van der Waals surface area contributed by atoms with Gasteiger partial charge >= 0.3 is 0 Å². The van der Waals surface area contributed by atoms with E-state index in [1.165, 1.54) is 12.3 Å². The number of halogens is 3. The van der Waals surface area contributed by atoms with Gasteiger partial charge in [0.15, 0.2) is 0 Å². The number of hydrogen-bond acceptors (Lipinski definition) is 2. The molecule has 1 amide bonds. The van der Waals surface area contributed by atoms with Gasteiger partial charge in [0.05, 0.1) is 0 Å². The third kappa shape index (κ3) is 3.21. The Bertz CT molecular complexity index is 451. The van der Waals surface area contributed by atoms with Crippen molar-refractivity contribution in [1.82, 2.24) is 10.3 Å². The van der Waals surface area contributed by atoms with Crippen molar-refractivity contribution in [2.24, 2.45) is 0 Å².